The first-order valence-corrected chi connectivity index (χ1v) is 11.7. The van der Waals surface area contributed by atoms with Gasteiger partial charge in [-0.3, -0.25) is 4.79 Å². The predicted octanol–water partition coefficient (Wildman–Crippen LogP) is 4.17. The highest BCUT2D eigenvalue weighted by molar-refractivity contribution is 7.89. The van der Waals surface area contributed by atoms with Crippen molar-refractivity contribution < 1.29 is 17.9 Å². The summed E-state index contributed by atoms with van der Waals surface area (Å²) in [5.41, 5.74) is 2.93. The number of para-hydroxylation sites is 1. The van der Waals surface area contributed by atoms with Crippen LogP contribution in [0.5, 0.6) is 5.75 Å². The Morgan fingerprint density at radius 3 is 2.50 bits per heavy atom. The zero-order chi connectivity index (χ0) is 21.9. The molecule has 1 fully saturated rings. The summed E-state index contributed by atoms with van der Waals surface area (Å²) in [6, 6.07) is 12.3. The van der Waals surface area contributed by atoms with Crippen molar-refractivity contribution in [3.8, 4) is 5.75 Å². The first-order valence-electron chi connectivity index (χ1n) is 10.3. The second-order valence-corrected chi connectivity index (χ2v) is 10.00. The van der Waals surface area contributed by atoms with Crippen LogP contribution in [0.3, 0.4) is 0 Å². The van der Waals surface area contributed by atoms with Crippen molar-refractivity contribution in [2.24, 2.45) is 5.92 Å². The largest absolute Gasteiger partial charge is 0.497 e. The Morgan fingerprint density at radius 2 is 1.87 bits per heavy atom. The minimum absolute atomic E-state index is 0.124. The molecular formula is C23H30N2O4S. The van der Waals surface area contributed by atoms with Gasteiger partial charge in [0, 0.05) is 18.8 Å². The highest BCUT2D eigenvalue weighted by atomic mass is 32.2. The zero-order valence-electron chi connectivity index (χ0n) is 18.0. The van der Waals surface area contributed by atoms with E-state index in [0.29, 0.717) is 25.1 Å². The van der Waals surface area contributed by atoms with Gasteiger partial charge in [0.2, 0.25) is 15.9 Å². The molecule has 0 saturated carbocycles. The molecule has 3 rings (SSSR count). The molecule has 1 heterocycles. The second kappa shape index (κ2) is 9.18. The first kappa shape index (κ1) is 22.3. The van der Waals surface area contributed by atoms with E-state index < -0.39 is 10.0 Å². The van der Waals surface area contributed by atoms with E-state index in [1.807, 2.05) is 25.1 Å². The fourth-order valence-corrected chi connectivity index (χ4v) is 5.36. The number of piperidine rings is 1. The van der Waals surface area contributed by atoms with E-state index in [1.54, 1.807) is 24.3 Å². The van der Waals surface area contributed by atoms with E-state index in [0.717, 1.165) is 16.8 Å². The molecule has 2 aromatic rings. The molecule has 1 N–H and O–H groups in total. The summed E-state index contributed by atoms with van der Waals surface area (Å²) in [5, 5.41) is 3.08. The lowest BCUT2D eigenvalue weighted by Crippen LogP contribution is -2.43. The molecule has 1 aliphatic heterocycles. The quantitative estimate of drug-likeness (QED) is 0.746. The number of nitrogens with one attached hydrogen (secondary N) is 1. The van der Waals surface area contributed by atoms with Gasteiger partial charge in [-0.2, -0.15) is 4.31 Å². The predicted molar refractivity (Wildman–Crippen MR) is 118 cm³/mol. The maximum Gasteiger partial charge on any atom is 0.243 e. The fraction of sp³-hybridized carbons (Fsp3) is 0.435. The van der Waals surface area contributed by atoms with Gasteiger partial charge in [0.15, 0.2) is 0 Å². The molecule has 1 atom stereocenters. The van der Waals surface area contributed by atoms with Gasteiger partial charge in [0.1, 0.15) is 5.75 Å². The van der Waals surface area contributed by atoms with Crippen LogP contribution >= 0.6 is 0 Å². The summed E-state index contributed by atoms with van der Waals surface area (Å²) in [6.45, 7) is 6.76. The molecule has 162 valence electrons. The third-order valence-corrected chi connectivity index (χ3v) is 7.51. The van der Waals surface area contributed by atoms with Gasteiger partial charge in [-0.05, 0) is 61.1 Å². The highest BCUT2D eigenvalue weighted by Gasteiger charge is 2.33. The van der Waals surface area contributed by atoms with E-state index in [-0.39, 0.29) is 29.2 Å². The Kier molecular flexibility index (Phi) is 6.83. The molecule has 1 aliphatic rings. The molecule has 0 unspecified atom stereocenters. The molecule has 0 spiro atoms. The number of carbonyl (C=O) groups is 1. The van der Waals surface area contributed by atoms with Gasteiger partial charge >= 0.3 is 0 Å². The van der Waals surface area contributed by atoms with E-state index in [1.165, 1.54) is 11.4 Å². The van der Waals surface area contributed by atoms with E-state index in [2.05, 4.69) is 19.2 Å². The van der Waals surface area contributed by atoms with Crippen LogP contribution in [0.15, 0.2) is 47.4 Å². The van der Waals surface area contributed by atoms with Gasteiger partial charge in [0.25, 0.3) is 0 Å². The smallest absolute Gasteiger partial charge is 0.243 e. The number of benzene rings is 2. The first-order chi connectivity index (χ1) is 14.2. The normalized spacial score (nSPS) is 17.7. The molecule has 1 saturated heterocycles. The van der Waals surface area contributed by atoms with E-state index in [9.17, 15) is 13.2 Å². The number of nitrogens with zero attached hydrogens (tertiary/aromatic N) is 1. The average Bonchev–Trinajstić information content (AvgIpc) is 2.75. The van der Waals surface area contributed by atoms with Crippen LogP contribution in [-0.4, -0.2) is 38.8 Å². The maximum atomic E-state index is 13.1. The van der Waals surface area contributed by atoms with Crippen LogP contribution in [0.4, 0.5) is 5.69 Å². The molecule has 0 aliphatic carbocycles. The number of anilines is 1. The van der Waals surface area contributed by atoms with Crippen molar-refractivity contribution >= 4 is 21.6 Å². The van der Waals surface area contributed by atoms with Gasteiger partial charge in [0.05, 0.1) is 17.9 Å². The summed E-state index contributed by atoms with van der Waals surface area (Å²) < 4.78 is 32.7. The third-order valence-electron chi connectivity index (χ3n) is 5.63. The van der Waals surface area contributed by atoms with Crippen molar-refractivity contribution in [2.45, 2.75) is 44.4 Å². The minimum atomic E-state index is -3.66. The van der Waals surface area contributed by atoms with Crippen LogP contribution in [0.25, 0.3) is 0 Å². The zero-order valence-corrected chi connectivity index (χ0v) is 18.8. The molecule has 6 nitrogen and oxygen atoms in total. The average molecular weight is 431 g/mol. The topological polar surface area (TPSA) is 75.7 Å². The number of ether oxygens (including phenoxy) is 1. The number of carbonyl (C=O) groups excluding carboxylic acids is 1. The van der Waals surface area contributed by atoms with Gasteiger partial charge < -0.3 is 10.1 Å². The number of hydrogen-bond acceptors (Lipinski definition) is 4. The number of sulfonamides is 1. The van der Waals surface area contributed by atoms with E-state index in [4.69, 9.17) is 4.74 Å². The SMILES string of the molecule is COc1ccc(S(=O)(=O)N2CCC[C@@H](C(=O)Nc3c(C)cccc3C(C)C)C2)cc1. The van der Waals surface area contributed by atoms with Crippen molar-refractivity contribution in [1.82, 2.24) is 4.31 Å². The Labute approximate surface area is 179 Å². The van der Waals surface area contributed by atoms with Crippen molar-refractivity contribution in [2.75, 3.05) is 25.5 Å². The Balaban J connectivity index is 1.77. The summed E-state index contributed by atoms with van der Waals surface area (Å²) >= 11 is 0. The number of hydrogen-bond donors (Lipinski definition) is 1. The Bertz CT molecular complexity index is 1000. The van der Waals surface area contributed by atoms with Crippen molar-refractivity contribution in [3.63, 3.8) is 0 Å². The van der Waals surface area contributed by atoms with Gasteiger partial charge in [-0.1, -0.05) is 32.0 Å². The number of amides is 1. The molecule has 30 heavy (non-hydrogen) atoms. The molecule has 2 aromatic carbocycles. The van der Waals surface area contributed by atoms with Crippen LogP contribution < -0.4 is 10.1 Å². The molecule has 0 aromatic heterocycles. The van der Waals surface area contributed by atoms with Crippen molar-refractivity contribution in [3.05, 3.63) is 53.6 Å². The van der Waals surface area contributed by atoms with Gasteiger partial charge in [-0.15, -0.1) is 0 Å². The number of rotatable bonds is 6. The fourth-order valence-electron chi connectivity index (χ4n) is 3.84. The minimum Gasteiger partial charge on any atom is -0.497 e. The molecule has 0 radical (unpaired) electrons. The maximum absolute atomic E-state index is 13.1. The van der Waals surface area contributed by atoms with Crippen LogP contribution in [-0.2, 0) is 14.8 Å². The summed E-state index contributed by atoms with van der Waals surface area (Å²) in [4.78, 5) is 13.3. The van der Waals surface area contributed by atoms with Crippen molar-refractivity contribution in [1.29, 1.82) is 0 Å². The summed E-state index contributed by atoms with van der Waals surface area (Å²) in [7, 11) is -2.12. The van der Waals surface area contributed by atoms with E-state index >= 15 is 0 Å². The summed E-state index contributed by atoms with van der Waals surface area (Å²) in [6.07, 6.45) is 1.32. The Morgan fingerprint density at radius 1 is 1.17 bits per heavy atom. The molecule has 1 amide bonds. The molecular weight excluding hydrogens is 400 g/mol. The monoisotopic (exact) mass is 430 g/mol. The van der Waals surface area contributed by atoms with Crippen LogP contribution in [0.2, 0.25) is 0 Å². The lowest BCUT2D eigenvalue weighted by Gasteiger charge is -2.31. The van der Waals surface area contributed by atoms with Crippen LogP contribution in [0.1, 0.15) is 43.7 Å². The second-order valence-electron chi connectivity index (χ2n) is 8.06. The third kappa shape index (κ3) is 4.68. The number of aryl methyl sites for hydroxylation is 1. The lowest BCUT2D eigenvalue weighted by molar-refractivity contribution is -0.120. The molecule has 7 heteroatoms. The number of methoxy groups -OCH3 is 1. The highest BCUT2D eigenvalue weighted by Crippen LogP contribution is 2.30. The Hall–Kier alpha value is -2.38. The lowest BCUT2D eigenvalue weighted by atomic mass is 9.95. The standard InChI is InChI=1S/C23H30N2O4S/c1-16(2)21-9-5-7-17(3)22(21)24-23(26)18-8-6-14-25(15-18)30(27,28)20-12-10-19(29-4)11-13-20/h5,7,9-13,16,18H,6,8,14-15H2,1-4H3,(H,24,26)/t18-/m1/s1. The van der Waals surface area contributed by atoms with Gasteiger partial charge in [-0.25, -0.2) is 8.42 Å². The molecule has 0 bridgehead atoms. The summed E-state index contributed by atoms with van der Waals surface area (Å²) in [5.74, 6) is 0.370. The van der Waals surface area contributed by atoms with Crippen LogP contribution in [0, 0.1) is 12.8 Å².